The molecule has 1 aromatic rings. The molecule has 17 heavy (non-hydrogen) atoms. The molecule has 92 valence electrons. The lowest BCUT2D eigenvalue weighted by Gasteiger charge is -2.08. The van der Waals surface area contributed by atoms with Gasteiger partial charge in [-0.2, -0.15) is 0 Å². The lowest BCUT2D eigenvalue weighted by molar-refractivity contribution is -0.127. The van der Waals surface area contributed by atoms with Crippen LogP contribution in [0.4, 0.5) is 0 Å². The fourth-order valence-corrected chi connectivity index (χ4v) is 2.48. The van der Waals surface area contributed by atoms with Gasteiger partial charge in [0.05, 0.1) is 6.61 Å². The predicted octanol–water partition coefficient (Wildman–Crippen LogP) is 3.73. The van der Waals surface area contributed by atoms with Gasteiger partial charge in [0, 0.05) is 10.4 Å². The molecule has 1 aliphatic carbocycles. The molecule has 1 fully saturated rings. The minimum Gasteiger partial charge on any atom is -0.369 e. The third kappa shape index (κ3) is 3.93. The molecule has 0 amide bonds. The highest BCUT2D eigenvalue weighted by Gasteiger charge is 2.22. The lowest BCUT2D eigenvalue weighted by Crippen LogP contribution is -2.17. The summed E-state index contributed by atoms with van der Waals surface area (Å²) in [5.74, 6) is 0.541. The maximum absolute atomic E-state index is 11.8. The summed E-state index contributed by atoms with van der Waals surface area (Å²) >= 11 is 3.39. The van der Waals surface area contributed by atoms with Gasteiger partial charge in [0.15, 0.2) is 5.78 Å². The van der Waals surface area contributed by atoms with E-state index in [1.165, 1.54) is 12.8 Å². The Labute approximate surface area is 110 Å². The Kier molecular flexibility index (Phi) is 4.75. The van der Waals surface area contributed by atoms with Crippen molar-refractivity contribution in [1.29, 1.82) is 0 Å². The van der Waals surface area contributed by atoms with E-state index in [1.807, 2.05) is 24.3 Å². The van der Waals surface area contributed by atoms with Crippen LogP contribution >= 0.6 is 15.9 Å². The highest BCUT2D eigenvalue weighted by Crippen LogP contribution is 2.25. The Balaban J connectivity index is 1.72. The van der Waals surface area contributed by atoms with Crippen molar-refractivity contribution in [3.8, 4) is 0 Å². The molecule has 0 bridgehead atoms. The van der Waals surface area contributed by atoms with Crippen molar-refractivity contribution in [1.82, 2.24) is 0 Å². The molecule has 1 saturated carbocycles. The van der Waals surface area contributed by atoms with Crippen molar-refractivity contribution in [3.05, 3.63) is 34.3 Å². The van der Waals surface area contributed by atoms with Crippen molar-refractivity contribution in [2.45, 2.75) is 32.3 Å². The lowest BCUT2D eigenvalue weighted by atomic mass is 10.0. The van der Waals surface area contributed by atoms with Gasteiger partial charge in [0.1, 0.15) is 6.61 Å². The van der Waals surface area contributed by atoms with E-state index in [0.29, 0.717) is 6.61 Å². The normalized spacial score (nSPS) is 16.3. The van der Waals surface area contributed by atoms with Gasteiger partial charge in [0.2, 0.25) is 0 Å². The fraction of sp³-hybridized carbons (Fsp3) is 0.500. The van der Waals surface area contributed by atoms with E-state index in [1.54, 1.807) is 0 Å². The first-order valence-corrected chi connectivity index (χ1v) is 6.90. The van der Waals surface area contributed by atoms with E-state index in [9.17, 15) is 4.79 Å². The van der Waals surface area contributed by atoms with Crippen LogP contribution in [0.1, 0.15) is 31.2 Å². The highest BCUT2D eigenvalue weighted by atomic mass is 79.9. The van der Waals surface area contributed by atoms with Gasteiger partial charge in [-0.1, -0.05) is 40.9 Å². The summed E-state index contributed by atoms with van der Waals surface area (Å²) < 4.78 is 6.53. The van der Waals surface area contributed by atoms with Gasteiger partial charge in [-0.05, 0) is 30.5 Å². The van der Waals surface area contributed by atoms with Crippen LogP contribution in [0.2, 0.25) is 0 Å². The zero-order chi connectivity index (χ0) is 12.1. The van der Waals surface area contributed by atoms with Crippen molar-refractivity contribution >= 4 is 21.7 Å². The number of halogens is 1. The summed E-state index contributed by atoms with van der Waals surface area (Å²) in [5.41, 5.74) is 1.10. The molecule has 0 atom stereocenters. The maximum atomic E-state index is 11.8. The van der Waals surface area contributed by atoms with Crippen LogP contribution < -0.4 is 0 Å². The van der Waals surface area contributed by atoms with Crippen molar-refractivity contribution in [2.75, 3.05) is 6.61 Å². The van der Waals surface area contributed by atoms with Crippen LogP contribution in [0.3, 0.4) is 0 Å². The van der Waals surface area contributed by atoms with Gasteiger partial charge in [-0.3, -0.25) is 4.79 Å². The van der Waals surface area contributed by atoms with E-state index in [0.717, 1.165) is 22.9 Å². The van der Waals surface area contributed by atoms with E-state index >= 15 is 0 Å². The van der Waals surface area contributed by atoms with Gasteiger partial charge in [0.25, 0.3) is 0 Å². The Morgan fingerprint density at radius 1 is 1.24 bits per heavy atom. The quantitative estimate of drug-likeness (QED) is 0.828. The predicted molar refractivity (Wildman–Crippen MR) is 70.8 cm³/mol. The second kappa shape index (κ2) is 6.31. The average molecular weight is 297 g/mol. The molecule has 1 aliphatic rings. The zero-order valence-corrected chi connectivity index (χ0v) is 11.4. The summed E-state index contributed by atoms with van der Waals surface area (Å²) in [5, 5.41) is 0. The Hall–Kier alpha value is -0.670. The van der Waals surface area contributed by atoms with Crippen LogP contribution in [0.25, 0.3) is 0 Å². The number of carbonyl (C=O) groups excluding carboxylic acids is 1. The van der Waals surface area contributed by atoms with Crippen LogP contribution in [0.15, 0.2) is 28.7 Å². The number of Topliss-reactive ketones (excluding diaryl/α,β-unsaturated/α-hetero) is 1. The van der Waals surface area contributed by atoms with Crippen LogP contribution in [0.5, 0.6) is 0 Å². The molecule has 0 radical (unpaired) electrons. The number of hydrogen-bond acceptors (Lipinski definition) is 2. The van der Waals surface area contributed by atoms with E-state index < -0.39 is 0 Å². The molecule has 0 unspecified atom stereocenters. The number of rotatable bonds is 5. The number of ketones is 1. The average Bonchev–Trinajstić information content (AvgIpc) is 2.85. The molecule has 0 heterocycles. The van der Waals surface area contributed by atoms with E-state index in [-0.39, 0.29) is 18.3 Å². The SMILES string of the molecule is O=C(COCc1ccc(Br)cc1)C1CCCC1. The van der Waals surface area contributed by atoms with Gasteiger partial charge in [-0.15, -0.1) is 0 Å². The van der Waals surface area contributed by atoms with Crippen LogP contribution in [0, 0.1) is 5.92 Å². The van der Waals surface area contributed by atoms with Crippen molar-refractivity contribution in [3.63, 3.8) is 0 Å². The summed E-state index contributed by atoms with van der Waals surface area (Å²) in [7, 11) is 0. The Bertz CT molecular complexity index is 366. The first kappa shape index (κ1) is 12.8. The molecular formula is C14H17BrO2. The fourth-order valence-electron chi connectivity index (χ4n) is 2.22. The third-order valence-corrected chi connectivity index (χ3v) is 3.77. The number of hydrogen-bond donors (Lipinski definition) is 0. The topological polar surface area (TPSA) is 26.3 Å². The van der Waals surface area contributed by atoms with Gasteiger partial charge in [-0.25, -0.2) is 0 Å². The van der Waals surface area contributed by atoms with Crippen LogP contribution in [-0.4, -0.2) is 12.4 Å². The Morgan fingerprint density at radius 2 is 1.88 bits per heavy atom. The first-order chi connectivity index (χ1) is 8.25. The second-order valence-electron chi connectivity index (χ2n) is 4.57. The Morgan fingerprint density at radius 3 is 2.53 bits per heavy atom. The first-order valence-electron chi connectivity index (χ1n) is 6.10. The molecule has 3 heteroatoms. The smallest absolute Gasteiger partial charge is 0.161 e. The van der Waals surface area contributed by atoms with E-state index in [2.05, 4.69) is 15.9 Å². The molecule has 0 N–H and O–H groups in total. The molecule has 1 aromatic carbocycles. The molecular weight excluding hydrogens is 280 g/mol. The minimum absolute atomic E-state index is 0.264. The largest absolute Gasteiger partial charge is 0.369 e. The summed E-state index contributed by atoms with van der Waals surface area (Å²) in [6.07, 6.45) is 4.51. The molecule has 0 saturated heterocycles. The summed E-state index contributed by atoms with van der Waals surface area (Å²) in [6, 6.07) is 7.98. The highest BCUT2D eigenvalue weighted by molar-refractivity contribution is 9.10. The number of benzene rings is 1. The molecule has 2 nitrogen and oxygen atoms in total. The third-order valence-electron chi connectivity index (χ3n) is 3.24. The van der Waals surface area contributed by atoms with Gasteiger partial charge < -0.3 is 4.74 Å². The molecule has 2 rings (SSSR count). The monoisotopic (exact) mass is 296 g/mol. The molecule has 0 aliphatic heterocycles. The standard InChI is InChI=1S/C14H17BrO2/c15-13-7-5-11(6-8-13)9-17-10-14(16)12-3-1-2-4-12/h5-8,12H,1-4,9-10H2. The van der Waals surface area contributed by atoms with Crippen LogP contribution in [-0.2, 0) is 16.1 Å². The van der Waals surface area contributed by atoms with Crippen molar-refractivity contribution < 1.29 is 9.53 Å². The van der Waals surface area contributed by atoms with E-state index in [4.69, 9.17) is 4.74 Å². The molecule has 0 spiro atoms. The summed E-state index contributed by atoms with van der Waals surface area (Å²) in [6.45, 7) is 0.784. The number of carbonyl (C=O) groups is 1. The van der Waals surface area contributed by atoms with Crippen molar-refractivity contribution in [2.24, 2.45) is 5.92 Å². The zero-order valence-electron chi connectivity index (χ0n) is 9.82. The number of ether oxygens (including phenoxy) is 1. The molecule has 0 aromatic heterocycles. The second-order valence-corrected chi connectivity index (χ2v) is 5.48. The van der Waals surface area contributed by atoms with Gasteiger partial charge >= 0.3 is 0 Å². The minimum atomic E-state index is 0.264. The summed E-state index contributed by atoms with van der Waals surface area (Å²) in [4.78, 5) is 11.8. The maximum Gasteiger partial charge on any atom is 0.161 e.